The van der Waals surface area contributed by atoms with Crippen LogP contribution >= 0.6 is 0 Å². The lowest BCUT2D eigenvalue weighted by atomic mass is 10.0. The van der Waals surface area contributed by atoms with Crippen LogP contribution in [0.15, 0.2) is 0 Å². The molecule has 0 radical (unpaired) electrons. The first kappa shape index (κ1) is 49.4. The molecular weight excluding hydrogens is 636 g/mol. The van der Waals surface area contributed by atoms with Crippen LogP contribution in [0, 0.1) is 0 Å². The maximum absolute atomic E-state index is 12.7. The zero-order valence-corrected chi connectivity index (χ0v) is 34.5. The van der Waals surface area contributed by atoms with E-state index in [0.717, 1.165) is 90.4 Å². The molecule has 0 aromatic heterocycles. The van der Waals surface area contributed by atoms with E-state index < -0.39 is 0 Å². The van der Waals surface area contributed by atoms with Gasteiger partial charge in [0.1, 0.15) is 6.10 Å². The van der Waals surface area contributed by atoms with Gasteiger partial charge in [0, 0.05) is 26.3 Å². The zero-order chi connectivity index (χ0) is 37.5. The summed E-state index contributed by atoms with van der Waals surface area (Å²) in [6.07, 6.45) is 35.1. The van der Waals surface area contributed by atoms with Crippen LogP contribution in [0.5, 0.6) is 0 Å². The van der Waals surface area contributed by atoms with Gasteiger partial charge in [-0.1, -0.05) is 143 Å². The van der Waals surface area contributed by atoms with Gasteiger partial charge >= 0.3 is 11.9 Å². The molecule has 0 spiro atoms. The number of rotatable bonds is 40. The SMILES string of the molecule is CCCCCCCCCOC(=O)CCCCCCCN(CCCCCCCC(=O)OC(CCCCCC)CCCCCCC)CCCNC(C)=O. The summed E-state index contributed by atoms with van der Waals surface area (Å²) in [6, 6.07) is 0. The summed E-state index contributed by atoms with van der Waals surface area (Å²) >= 11 is 0. The standard InChI is InChI=1S/C44H86N2O5/c1-5-8-11-14-15-23-30-40-50-43(48)34-26-19-16-21-28-37-46(39-31-36-45-41(4)47)38-29-22-17-20-27-35-44(49)51-42(32-24-13-10-7-3)33-25-18-12-9-6-2/h42H,5-40H2,1-4H3,(H,45,47). The number of esters is 2. The minimum Gasteiger partial charge on any atom is -0.466 e. The Morgan fingerprint density at radius 3 is 1.43 bits per heavy atom. The second-order valence-electron chi connectivity index (χ2n) is 15.2. The molecule has 1 N–H and O–H groups in total. The molecule has 0 aromatic carbocycles. The van der Waals surface area contributed by atoms with Gasteiger partial charge in [-0.05, 0) is 83.8 Å². The van der Waals surface area contributed by atoms with E-state index in [1.807, 2.05) is 0 Å². The quantitative estimate of drug-likeness (QED) is 0.0501. The van der Waals surface area contributed by atoms with E-state index in [-0.39, 0.29) is 23.9 Å². The van der Waals surface area contributed by atoms with E-state index in [4.69, 9.17) is 9.47 Å². The summed E-state index contributed by atoms with van der Waals surface area (Å²) in [6.45, 7) is 12.8. The van der Waals surface area contributed by atoms with Gasteiger partial charge < -0.3 is 19.7 Å². The number of amides is 1. The normalized spacial score (nSPS) is 11.9. The highest BCUT2D eigenvalue weighted by molar-refractivity contribution is 5.72. The number of carbonyl (C=O) groups is 3. The van der Waals surface area contributed by atoms with Crippen LogP contribution in [0.1, 0.15) is 227 Å². The van der Waals surface area contributed by atoms with E-state index >= 15 is 0 Å². The predicted molar refractivity (Wildman–Crippen MR) is 216 cm³/mol. The van der Waals surface area contributed by atoms with E-state index in [2.05, 4.69) is 31.0 Å². The van der Waals surface area contributed by atoms with Gasteiger partial charge in [0.2, 0.25) is 5.91 Å². The molecule has 0 fully saturated rings. The van der Waals surface area contributed by atoms with Crippen LogP contribution < -0.4 is 5.32 Å². The second kappa shape index (κ2) is 39.6. The van der Waals surface area contributed by atoms with Gasteiger partial charge in [0.15, 0.2) is 0 Å². The second-order valence-corrected chi connectivity index (χ2v) is 15.2. The summed E-state index contributed by atoms with van der Waals surface area (Å²) in [7, 11) is 0. The number of unbranched alkanes of at least 4 members (excludes halogenated alkanes) is 21. The van der Waals surface area contributed by atoms with Crippen molar-refractivity contribution in [1.29, 1.82) is 0 Å². The lowest BCUT2D eigenvalue weighted by Crippen LogP contribution is -2.30. The number of nitrogens with zero attached hydrogens (tertiary/aromatic N) is 1. The summed E-state index contributed by atoms with van der Waals surface area (Å²) in [4.78, 5) is 38.5. The van der Waals surface area contributed by atoms with Crippen LogP contribution in [-0.4, -0.2) is 61.6 Å². The van der Waals surface area contributed by atoms with E-state index in [0.29, 0.717) is 19.4 Å². The van der Waals surface area contributed by atoms with Crippen molar-refractivity contribution >= 4 is 17.8 Å². The van der Waals surface area contributed by atoms with Crippen molar-refractivity contribution in [2.75, 3.05) is 32.8 Å². The number of ether oxygens (including phenoxy) is 2. The molecule has 1 amide bonds. The molecule has 0 aliphatic rings. The Morgan fingerprint density at radius 1 is 0.490 bits per heavy atom. The fourth-order valence-corrected chi connectivity index (χ4v) is 6.77. The molecule has 7 heteroatoms. The third-order valence-corrected chi connectivity index (χ3v) is 10.1. The topological polar surface area (TPSA) is 84.9 Å². The first-order valence-corrected chi connectivity index (χ1v) is 22.2. The highest BCUT2D eigenvalue weighted by Crippen LogP contribution is 2.18. The average molecular weight is 723 g/mol. The van der Waals surface area contributed by atoms with Crippen molar-refractivity contribution in [3.63, 3.8) is 0 Å². The summed E-state index contributed by atoms with van der Waals surface area (Å²) in [5, 5.41) is 2.93. The van der Waals surface area contributed by atoms with Crippen LogP contribution in [-0.2, 0) is 23.9 Å². The molecule has 302 valence electrons. The highest BCUT2D eigenvalue weighted by atomic mass is 16.5. The third kappa shape index (κ3) is 37.9. The molecule has 0 saturated heterocycles. The van der Waals surface area contributed by atoms with Crippen LogP contribution in [0.25, 0.3) is 0 Å². The van der Waals surface area contributed by atoms with E-state index in [9.17, 15) is 14.4 Å². The van der Waals surface area contributed by atoms with Gasteiger partial charge in [-0.3, -0.25) is 14.4 Å². The van der Waals surface area contributed by atoms with Crippen LogP contribution in [0.2, 0.25) is 0 Å². The number of nitrogens with one attached hydrogen (secondary N) is 1. The average Bonchev–Trinajstić information content (AvgIpc) is 3.11. The van der Waals surface area contributed by atoms with Gasteiger partial charge in [-0.2, -0.15) is 0 Å². The maximum atomic E-state index is 12.7. The van der Waals surface area contributed by atoms with Gasteiger partial charge in [0.05, 0.1) is 6.61 Å². The Morgan fingerprint density at radius 2 is 0.902 bits per heavy atom. The fraction of sp³-hybridized carbons (Fsp3) is 0.932. The van der Waals surface area contributed by atoms with Crippen molar-refractivity contribution in [3.8, 4) is 0 Å². The Labute approximate surface area is 316 Å². The van der Waals surface area contributed by atoms with Gasteiger partial charge in [-0.25, -0.2) is 0 Å². The monoisotopic (exact) mass is 723 g/mol. The zero-order valence-electron chi connectivity index (χ0n) is 34.5. The van der Waals surface area contributed by atoms with E-state index in [1.54, 1.807) is 6.92 Å². The van der Waals surface area contributed by atoms with Crippen molar-refractivity contribution in [3.05, 3.63) is 0 Å². The molecule has 0 heterocycles. The minimum absolute atomic E-state index is 0.00753. The minimum atomic E-state index is -0.0310. The summed E-state index contributed by atoms with van der Waals surface area (Å²) < 4.78 is 11.4. The third-order valence-electron chi connectivity index (χ3n) is 10.1. The number of hydrogen-bond acceptors (Lipinski definition) is 6. The van der Waals surface area contributed by atoms with Gasteiger partial charge in [-0.15, -0.1) is 0 Å². The first-order chi connectivity index (χ1) is 24.9. The van der Waals surface area contributed by atoms with Crippen molar-refractivity contribution < 1.29 is 23.9 Å². The number of hydrogen-bond donors (Lipinski definition) is 1. The summed E-state index contributed by atoms with van der Waals surface area (Å²) in [5.41, 5.74) is 0. The molecule has 1 atom stereocenters. The maximum Gasteiger partial charge on any atom is 0.306 e. The molecule has 0 bridgehead atoms. The molecule has 0 aliphatic carbocycles. The fourth-order valence-electron chi connectivity index (χ4n) is 6.77. The van der Waals surface area contributed by atoms with E-state index in [1.165, 1.54) is 122 Å². The van der Waals surface area contributed by atoms with Crippen LogP contribution in [0.4, 0.5) is 0 Å². The molecule has 51 heavy (non-hydrogen) atoms. The van der Waals surface area contributed by atoms with Gasteiger partial charge in [0.25, 0.3) is 0 Å². The molecule has 0 saturated carbocycles. The first-order valence-electron chi connectivity index (χ1n) is 22.2. The lowest BCUT2D eigenvalue weighted by Gasteiger charge is -2.22. The Balaban J connectivity index is 4.16. The number of carbonyl (C=O) groups excluding carboxylic acids is 3. The Hall–Kier alpha value is -1.63. The largest absolute Gasteiger partial charge is 0.466 e. The Bertz CT molecular complexity index is 777. The lowest BCUT2D eigenvalue weighted by molar-refractivity contribution is -0.150. The van der Waals surface area contributed by atoms with Crippen molar-refractivity contribution in [2.45, 2.75) is 233 Å². The predicted octanol–water partition coefficient (Wildman–Crippen LogP) is 12.0. The smallest absolute Gasteiger partial charge is 0.306 e. The molecule has 7 nitrogen and oxygen atoms in total. The molecule has 0 rings (SSSR count). The molecule has 0 aliphatic heterocycles. The molecule has 0 aromatic rings. The van der Waals surface area contributed by atoms with Crippen LogP contribution in [0.3, 0.4) is 0 Å². The Kier molecular flexibility index (Phi) is 38.3. The molecule has 1 unspecified atom stereocenters. The summed E-state index contributed by atoms with van der Waals surface area (Å²) in [5.74, 6) is 0.0155. The highest BCUT2D eigenvalue weighted by Gasteiger charge is 2.14. The molecular formula is C44H86N2O5. The van der Waals surface area contributed by atoms with Crippen molar-refractivity contribution in [2.24, 2.45) is 0 Å². The van der Waals surface area contributed by atoms with Crippen molar-refractivity contribution in [1.82, 2.24) is 10.2 Å².